The molecular weight excluding hydrogens is 400 g/mol. The molecule has 0 saturated carbocycles. The second-order valence-corrected chi connectivity index (χ2v) is 8.42. The third-order valence-electron chi connectivity index (χ3n) is 5.45. The van der Waals surface area contributed by atoms with E-state index in [1.165, 1.54) is 26.2 Å². The van der Waals surface area contributed by atoms with Crippen molar-refractivity contribution < 1.29 is 34.8 Å². The van der Waals surface area contributed by atoms with E-state index in [0.29, 0.717) is 12.8 Å². The van der Waals surface area contributed by atoms with Crippen LogP contribution in [0.4, 0.5) is 0 Å². The number of carboxylic acid groups (broad SMARTS) is 1. The zero-order valence-electron chi connectivity index (χ0n) is 19.2. The van der Waals surface area contributed by atoms with E-state index in [1.54, 1.807) is 0 Å². The summed E-state index contributed by atoms with van der Waals surface area (Å²) in [6.07, 6.45) is 12.6. The minimum atomic E-state index is -2.76. The molecule has 31 heavy (non-hydrogen) atoms. The van der Waals surface area contributed by atoms with Gasteiger partial charge in [0.2, 0.25) is 5.60 Å². The molecule has 0 aromatic rings. The number of carbonyl (C=O) groups is 3. The standard InChI is InChI=1S/C24H42O7/c1-3-4-5-12-15-20(26)16-13-10-8-6-7-9-11-14-17-22(28)24(31,23(29)30)18-21(27)19(2)25/h10,13,19-20,25-26,31H,3-9,11-12,14-18H2,1-2H3,(H,29,30)/b13-10-/t19?,20-,24?/m1/s1. The topological polar surface area (TPSA) is 132 Å². The zero-order chi connectivity index (χ0) is 23.7. The maximum Gasteiger partial charge on any atom is 0.344 e. The van der Waals surface area contributed by atoms with Crippen LogP contribution in [0.5, 0.6) is 0 Å². The molecule has 0 aliphatic heterocycles. The highest BCUT2D eigenvalue weighted by molar-refractivity contribution is 6.09. The first-order chi connectivity index (χ1) is 14.6. The highest BCUT2D eigenvalue weighted by Crippen LogP contribution is 2.19. The molecule has 0 rings (SSSR count). The van der Waals surface area contributed by atoms with Gasteiger partial charge in [0.1, 0.15) is 6.10 Å². The van der Waals surface area contributed by atoms with Crippen molar-refractivity contribution in [2.45, 2.75) is 122 Å². The summed E-state index contributed by atoms with van der Waals surface area (Å²) in [6, 6.07) is 0. The third-order valence-corrected chi connectivity index (χ3v) is 5.45. The second kappa shape index (κ2) is 17.0. The summed E-state index contributed by atoms with van der Waals surface area (Å²) in [6.45, 7) is 3.34. The lowest BCUT2D eigenvalue weighted by Gasteiger charge is -2.21. The lowest BCUT2D eigenvalue weighted by molar-refractivity contribution is -0.168. The number of carboxylic acids is 1. The molecule has 0 amide bonds. The highest BCUT2D eigenvalue weighted by Gasteiger charge is 2.45. The number of hydrogen-bond donors (Lipinski definition) is 4. The Labute approximate surface area is 186 Å². The first-order valence-corrected chi connectivity index (χ1v) is 11.7. The van der Waals surface area contributed by atoms with Gasteiger partial charge in [0.25, 0.3) is 0 Å². The number of aliphatic hydroxyl groups excluding tert-OH is 2. The number of unbranched alkanes of at least 4 members (excludes halogenated alkanes) is 8. The van der Waals surface area contributed by atoms with Crippen molar-refractivity contribution in [2.24, 2.45) is 0 Å². The quantitative estimate of drug-likeness (QED) is 0.128. The van der Waals surface area contributed by atoms with Crippen molar-refractivity contribution >= 4 is 17.5 Å². The molecule has 4 N–H and O–H groups in total. The van der Waals surface area contributed by atoms with Gasteiger partial charge in [-0.2, -0.15) is 0 Å². The summed E-state index contributed by atoms with van der Waals surface area (Å²) in [5, 5.41) is 38.3. The Morgan fingerprint density at radius 1 is 0.903 bits per heavy atom. The van der Waals surface area contributed by atoms with Crippen molar-refractivity contribution in [3.8, 4) is 0 Å². The van der Waals surface area contributed by atoms with E-state index in [-0.39, 0.29) is 12.5 Å². The number of Topliss-reactive ketones (excluding diaryl/α,β-unsaturated/α-hetero) is 2. The number of allylic oxidation sites excluding steroid dienone is 1. The van der Waals surface area contributed by atoms with Gasteiger partial charge in [-0.15, -0.1) is 0 Å². The van der Waals surface area contributed by atoms with E-state index in [0.717, 1.165) is 44.9 Å². The van der Waals surface area contributed by atoms with Crippen LogP contribution in [0.2, 0.25) is 0 Å². The average Bonchev–Trinajstić information content (AvgIpc) is 2.71. The molecule has 0 spiro atoms. The molecule has 0 aliphatic rings. The maximum atomic E-state index is 12.1. The Morgan fingerprint density at radius 2 is 1.52 bits per heavy atom. The van der Waals surface area contributed by atoms with Crippen LogP contribution >= 0.6 is 0 Å². The van der Waals surface area contributed by atoms with Crippen LogP contribution in [0, 0.1) is 0 Å². The van der Waals surface area contributed by atoms with Gasteiger partial charge in [-0.1, -0.05) is 64.0 Å². The monoisotopic (exact) mass is 442 g/mol. The fraction of sp³-hybridized carbons (Fsp3) is 0.792. The number of hydrogen-bond acceptors (Lipinski definition) is 6. The van der Waals surface area contributed by atoms with Gasteiger partial charge >= 0.3 is 5.97 Å². The minimum Gasteiger partial charge on any atom is -0.479 e. The van der Waals surface area contributed by atoms with Crippen LogP contribution in [-0.4, -0.2) is 55.8 Å². The first kappa shape index (κ1) is 29.4. The molecule has 0 saturated heterocycles. The Hall–Kier alpha value is -1.57. The maximum absolute atomic E-state index is 12.1. The Bertz CT molecular complexity index is 556. The van der Waals surface area contributed by atoms with Crippen molar-refractivity contribution in [1.82, 2.24) is 0 Å². The Kier molecular flexibility index (Phi) is 16.2. The van der Waals surface area contributed by atoms with Gasteiger partial charge in [-0.25, -0.2) is 4.79 Å². The molecule has 3 atom stereocenters. The molecule has 0 aliphatic carbocycles. The SMILES string of the molecule is CCCCCC[C@@H](O)C/C=C\CCCCCCCC(=O)C(O)(CC(=O)C(C)O)C(=O)O. The minimum absolute atomic E-state index is 0.119. The largest absolute Gasteiger partial charge is 0.479 e. The van der Waals surface area contributed by atoms with Crippen LogP contribution in [0.1, 0.15) is 104 Å². The van der Waals surface area contributed by atoms with E-state index in [4.69, 9.17) is 5.11 Å². The van der Waals surface area contributed by atoms with Crippen molar-refractivity contribution in [2.75, 3.05) is 0 Å². The summed E-state index contributed by atoms with van der Waals surface area (Å²) in [5.41, 5.74) is -2.76. The van der Waals surface area contributed by atoms with Crippen molar-refractivity contribution in [3.63, 3.8) is 0 Å². The van der Waals surface area contributed by atoms with E-state index in [1.807, 2.05) is 6.08 Å². The number of carbonyl (C=O) groups excluding carboxylic acids is 2. The molecule has 0 fully saturated rings. The molecular formula is C24H42O7. The van der Waals surface area contributed by atoms with Crippen LogP contribution in [0.15, 0.2) is 12.2 Å². The van der Waals surface area contributed by atoms with E-state index >= 15 is 0 Å². The molecule has 180 valence electrons. The van der Waals surface area contributed by atoms with E-state index in [2.05, 4.69) is 13.0 Å². The van der Waals surface area contributed by atoms with Gasteiger partial charge in [0.05, 0.1) is 12.5 Å². The predicted molar refractivity (Wildman–Crippen MR) is 120 cm³/mol. The number of rotatable bonds is 20. The van der Waals surface area contributed by atoms with Crippen molar-refractivity contribution in [3.05, 3.63) is 12.2 Å². The van der Waals surface area contributed by atoms with Crippen LogP contribution < -0.4 is 0 Å². The smallest absolute Gasteiger partial charge is 0.344 e. The van der Waals surface area contributed by atoms with Gasteiger partial charge in [0.15, 0.2) is 11.6 Å². The number of aliphatic carboxylic acids is 1. The Morgan fingerprint density at radius 3 is 2.13 bits per heavy atom. The lowest BCUT2D eigenvalue weighted by Crippen LogP contribution is -2.49. The fourth-order valence-electron chi connectivity index (χ4n) is 3.27. The van der Waals surface area contributed by atoms with E-state index < -0.39 is 35.7 Å². The summed E-state index contributed by atoms with van der Waals surface area (Å²) in [5.74, 6) is -3.54. The van der Waals surface area contributed by atoms with Crippen molar-refractivity contribution in [1.29, 1.82) is 0 Å². The van der Waals surface area contributed by atoms with Crippen LogP contribution in [-0.2, 0) is 14.4 Å². The summed E-state index contributed by atoms with van der Waals surface area (Å²) in [7, 11) is 0. The van der Waals surface area contributed by atoms with Gasteiger partial charge in [-0.3, -0.25) is 9.59 Å². The molecule has 0 radical (unpaired) electrons. The predicted octanol–water partition coefficient (Wildman–Crippen LogP) is 3.72. The molecule has 2 unspecified atom stereocenters. The summed E-state index contributed by atoms with van der Waals surface area (Å²) < 4.78 is 0. The zero-order valence-corrected chi connectivity index (χ0v) is 19.2. The fourth-order valence-corrected chi connectivity index (χ4v) is 3.27. The first-order valence-electron chi connectivity index (χ1n) is 11.7. The number of aliphatic hydroxyl groups is 3. The highest BCUT2D eigenvalue weighted by atomic mass is 16.4. The van der Waals surface area contributed by atoms with Gasteiger partial charge in [0, 0.05) is 6.42 Å². The molecule has 0 bridgehead atoms. The summed E-state index contributed by atoms with van der Waals surface area (Å²) in [4.78, 5) is 35.0. The Balaban J connectivity index is 3.93. The van der Waals surface area contributed by atoms with Crippen LogP contribution in [0.25, 0.3) is 0 Å². The second-order valence-electron chi connectivity index (χ2n) is 8.42. The van der Waals surface area contributed by atoms with E-state index in [9.17, 15) is 29.7 Å². The normalized spacial score (nSPS) is 15.5. The molecule has 7 heteroatoms. The molecule has 0 aromatic heterocycles. The lowest BCUT2D eigenvalue weighted by atomic mass is 9.88. The average molecular weight is 443 g/mol. The third kappa shape index (κ3) is 13.4. The molecule has 7 nitrogen and oxygen atoms in total. The summed E-state index contributed by atoms with van der Waals surface area (Å²) >= 11 is 0. The van der Waals surface area contributed by atoms with Crippen LogP contribution in [0.3, 0.4) is 0 Å². The van der Waals surface area contributed by atoms with Gasteiger partial charge < -0.3 is 20.4 Å². The number of ketones is 2. The van der Waals surface area contributed by atoms with Gasteiger partial charge in [-0.05, 0) is 39.0 Å². The molecule has 0 heterocycles. The molecule has 0 aromatic carbocycles.